The number of halogens is 1. The zero-order valence-electron chi connectivity index (χ0n) is 16.4. The Bertz CT molecular complexity index is 1340. The van der Waals surface area contributed by atoms with E-state index < -0.39 is 4.92 Å². The van der Waals surface area contributed by atoms with Crippen molar-refractivity contribution in [3.63, 3.8) is 0 Å². The number of rotatable bonds is 5. The molecule has 4 aromatic rings. The number of hydrogen-bond donors (Lipinski definition) is 1. The predicted octanol–water partition coefficient (Wildman–Crippen LogP) is 5.53. The molecule has 1 aromatic heterocycles. The van der Waals surface area contributed by atoms with E-state index in [1.165, 1.54) is 28.9 Å². The van der Waals surface area contributed by atoms with Crippen LogP contribution >= 0.6 is 11.6 Å². The number of aromatic amines is 1. The molecule has 154 valence electrons. The third-order valence-corrected chi connectivity index (χ3v) is 5.09. The summed E-state index contributed by atoms with van der Waals surface area (Å²) in [5.74, 6) is 0. The van der Waals surface area contributed by atoms with Crippen molar-refractivity contribution in [2.45, 2.75) is 6.92 Å². The average Bonchev–Trinajstić information content (AvgIpc) is 3.13. The Morgan fingerprint density at radius 1 is 1.00 bits per heavy atom. The Morgan fingerprint density at radius 2 is 1.65 bits per heavy atom. The molecule has 7 nitrogen and oxygen atoms in total. The van der Waals surface area contributed by atoms with Gasteiger partial charge in [-0.15, -0.1) is 0 Å². The fourth-order valence-corrected chi connectivity index (χ4v) is 3.45. The Morgan fingerprint density at radius 3 is 2.29 bits per heavy atom. The van der Waals surface area contributed by atoms with Crippen LogP contribution < -0.4 is 5.56 Å². The first-order valence-electron chi connectivity index (χ1n) is 9.41. The molecule has 0 saturated carbocycles. The average molecular weight is 433 g/mol. The highest BCUT2D eigenvalue weighted by atomic mass is 35.5. The van der Waals surface area contributed by atoms with Crippen molar-refractivity contribution in [1.82, 2.24) is 9.78 Å². The second kappa shape index (κ2) is 8.41. The number of nitro groups is 1. The molecule has 8 heteroatoms. The second-order valence-electron chi connectivity index (χ2n) is 6.79. The third kappa shape index (κ3) is 4.04. The van der Waals surface area contributed by atoms with Crippen LogP contribution in [0, 0.1) is 10.1 Å². The van der Waals surface area contributed by atoms with Crippen molar-refractivity contribution in [3.05, 3.63) is 110 Å². The largest absolute Gasteiger partial charge is 0.290 e. The smallest absolute Gasteiger partial charge is 0.280 e. The van der Waals surface area contributed by atoms with Crippen LogP contribution in [0.4, 0.5) is 11.4 Å². The van der Waals surface area contributed by atoms with Crippen molar-refractivity contribution in [2.24, 2.45) is 4.99 Å². The van der Waals surface area contributed by atoms with Crippen LogP contribution in [0.1, 0.15) is 12.5 Å². The Labute approximate surface area is 182 Å². The quantitative estimate of drug-likeness (QED) is 0.255. The van der Waals surface area contributed by atoms with Gasteiger partial charge >= 0.3 is 0 Å². The fourth-order valence-electron chi connectivity index (χ4n) is 3.27. The van der Waals surface area contributed by atoms with E-state index in [2.05, 4.69) is 10.1 Å². The zero-order chi connectivity index (χ0) is 22.0. The number of nitrogens with zero attached hydrogens (tertiary/aromatic N) is 3. The van der Waals surface area contributed by atoms with E-state index in [9.17, 15) is 14.9 Å². The molecule has 0 atom stereocenters. The van der Waals surface area contributed by atoms with Gasteiger partial charge in [-0.3, -0.25) is 25.0 Å². The van der Waals surface area contributed by atoms with Gasteiger partial charge in [0.05, 0.1) is 38.3 Å². The van der Waals surface area contributed by atoms with Crippen LogP contribution in [0.5, 0.6) is 0 Å². The Kier molecular flexibility index (Phi) is 5.51. The van der Waals surface area contributed by atoms with Gasteiger partial charge in [0, 0.05) is 17.7 Å². The lowest BCUT2D eigenvalue weighted by molar-refractivity contribution is -0.384. The van der Waals surface area contributed by atoms with Crippen LogP contribution in [0.25, 0.3) is 16.9 Å². The molecule has 0 saturated heterocycles. The van der Waals surface area contributed by atoms with Crippen molar-refractivity contribution in [1.29, 1.82) is 0 Å². The summed E-state index contributed by atoms with van der Waals surface area (Å²) < 4.78 is 1.35. The zero-order valence-corrected chi connectivity index (χ0v) is 17.2. The number of nitrogens with one attached hydrogen (secondary N) is 1. The summed E-state index contributed by atoms with van der Waals surface area (Å²) in [5, 5.41) is 14.6. The van der Waals surface area contributed by atoms with E-state index in [1.807, 2.05) is 42.5 Å². The molecule has 31 heavy (non-hydrogen) atoms. The minimum Gasteiger partial charge on any atom is -0.290 e. The maximum atomic E-state index is 13.4. The lowest BCUT2D eigenvalue weighted by Crippen LogP contribution is -2.19. The van der Waals surface area contributed by atoms with E-state index in [0.29, 0.717) is 33.4 Å². The molecule has 0 fully saturated rings. The molecule has 0 aliphatic carbocycles. The van der Waals surface area contributed by atoms with Gasteiger partial charge in [-0.05, 0) is 31.2 Å². The highest BCUT2D eigenvalue weighted by Crippen LogP contribution is 2.27. The molecular formula is C23H17ClN4O3. The van der Waals surface area contributed by atoms with Gasteiger partial charge in [-0.2, -0.15) is 0 Å². The number of nitro benzene ring substituents is 1. The first kappa shape index (κ1) is 20.3. The summed E-state index contributed by atoms with van der Waals surface area (Å²) in [6.45, 7) is 1.75. The first-order valence-corrected chi connectivity index (χ1v) is 9.79. The van der Waals surface area contributed by atoms with Gasteiger partial charge in [-0.25, -0.2) is 4.68 Å². The molecule has 0 spiro atoms. The number of para-hydroxylation sites is 1. The summed E-state index contributed by atoms with van der Waals surface area (Å²) >= 11 is 6.24. The van der Waals surface area contributed by atoms with Crippen LogP contribution in [0.2, 0.25) is 5.02 Å². The van der Waals surface area contributed by atoms with Crippen LogP contribution in [0.15, 0.2) is 88.6 Å². The van der Waals surface area contributed by atoms with E-state index >= 15 is 0 Å². The fraction of sp³-hybridized carbons (Fsp3) is 0.0435. The van der Waals surface area contributed by atoms with Crippen molar-refractivity contribution in [2.75, 3.05) is 0 Å². The molecule has 4 rings (SSSR count). The van der Waals surface area contributed by atoms with Crippen LogP contribution in [0.3, 0.4) is 0 Å². The van der Waals surface area contributed by atoms with Crippen LogP contribution in [-0.4, -0.2) is 20.4 Å². The first-order chi connectivity index (χ1) is 15.0. The van der Waals surface area contributed by atoms with E-state index in [4.69, 9.17) is 11.6 Å². The van der Waals surface area contributed by atoms with Crippen molar-refractivity contribution < 1.29 is 4.92 Å². The summed E-state index contributed by atoms with van der Waals surface area (Å²) in [6, 6.07) is 22.3. The van der Waals surface area contributed by atoms with E-state index in [1.54, 1.807) is 19.1 Å². The predicted molar refractivity (Wildman–Crippen MR) is 122 cm³/mol. The molecule has 0 radical (unpaired) electrons. The highest BCUT2D eigenvalue weighted by Gasteiger charge is 2.20. The van der Waals surface area contributed by atoms with Gasteiger partial charge in [0.15, 0.2) is 0 Å². The molecule has 1 N–H and O–H groups in total. The highest BCUT2D eigenvalue weighted by molar-refractivity contribution is 6.33. The Balaban J connectivity index is 1.90. The van der Waals surface area contributed by atoms with Gasteiger partial charge < -0.3 is 0 Å². The van der Waals surface area contributed by atoms with Gasteiger partial charge in [0.1, 0.15) is 0 Å². The minimum absolute atomic E-state index is 0.0525. The molecule has 0 unspecified atom stereocenters. The summed E-state index contributed by atoms with van der Waals surface area (Å²) in [4.78, 5) is 28.4. The van der Waals surface area contributed by atoms with Gasteiger partial charge in [0.2, 0.25) is 0 Å². The number of non-ortho nitro benzene ring substituents is 1. The van der Waals surface area contributed by atoms with Crippen molar-refractivity contribution >= 4 is 28.7 Å². The molecular weight excluding hydrogens is 416 g/mol. The molecule has 0 bridgehead atoms. The number of H-pyrrole nitrogens is 1. The standard InChI is InChI=1S/C23H17ClN4O3/c1-15(25-20-10-6-5-9-19(20)24)21-22(16-7-3-2-4-8-16)26-27(23(21)29)17-11-13-18(14-12-17)28(30)31/h2-14,26H,1H3. The summed E-state index contributed by atoms with van der Waals surface area (Å²) in [6.07, 6.45) is 0. The molecule has 1 heterocycles. The summed E-state index contributed by atoms with van der Waals surface area (Å²) in [5.41, 5.74) is 2.96. The molecule has 0 aliphatic heterocycles. The maximum absolute atomic E-state index is 13.4. The minimum atomic E-state index is -0.484. The molecule has 0 aliphatic rings. The molecule has 0 amide bonds. The SMILES string of the molecule is CC(=Nc1ccccc1Cl)c1c(-c2ccccc2)[nH]n(-c2ccc([N+](=O)[O-])cc2)c1=O. The number of hydrogen-bond acceptors (Lipinski definition) is 4. The normalized spacial score (nSPS) is 11.5. The maximum Gasteiger partial charge on any atom is 0.280 e. The third-order valence-electron chi connectivity index (χ3n) is 4.77. The van der Waals surface area contributed by atoms with E-state index in [-0.39, 0.29) is 11.2 Å². The lowest BCUT2D eigenvalue weighted by atomic mass is 10.1. The van der Waals surface area contributed by atoms with Crippen LogP contribution in [-0.2, 0) is 0 Å². The second-order valence-corrected chi connectivity index (χ2v) is 7.20. The van der Waals surface area contributed by atoms with Gasteiger partial charge in [-0.1, -0.05) is 54.1 Å². The Hall–Kier alpha value is -3.97. The summed E-state index contributed by atoms with van der Waals surface area (Å²) in [7, 11) is 0. The topological polar surface area (TPSA) is 93.3 Å². The lowest BCUT2D eigenvalue weighted by Gasteiger charge is -2.04. The number of aliphatic imine (C=N–C) groups is 1. The monoisotopic (exact) mass is 432 g/mol. The number of benzene rings is 3. The van der Waals surface area contributed by atoms with Gasteiger partial charge in [0.25, 0.3) is 11.2 Å². The van der Waals surface area contributed by atoms with Crippen molar-refractivity contribution in [3.8, 4) is 16.9 Å². The number of aromatic nitrogens is 2. The molecule has 3 aromatic carbocycles. The van der Waals surface area contributed by atoms with E-state index in [0.717, 1.165) is 5.56 Å².